The van der Waals surface area contributed by atoms with E-state index in [-0.39, 0.29) is 5.75 Å². The minimum Gasteiger partial charge on any atom is -0.507 e. The summed E-state index contributed by atoms with van der Waals surface area (Å²) in [4.78, 5) is 0. The van der Waals surface area contributed by atoms with Crippen molar-refractivity contribution in [3.63, 3.8) is 0 Å². The molecule has 1 fully saturated rings. The summed E-state index contributed by atoms with van der Waals surface area (Å²) in [6, 6.07) is 7.30. The summed E-state index contributed by atoms with van der Waals surface area (Å²) in [6.07, 6.45) is 10.1. The summed E-state index contributed by atoms with van der Waals surface area (Å²) < 4.78 is 5.88. The first kappa shape index (κ1) is 16.3. The van der Waals surface area contributed by atoms with E-state index in [1.807, 2.05) is 12.1 Å². The van der Waals surface area contributed by atoms with Crippen LogP contribution in [0.1, 0.15) is 62.5 Å². The van der Waals surface area contributed by atoms with E-state index in [1.54, 1.807) is 30.4 Å². The number of fused-ring (bicyclic) bond motifs is 3. The van der Waals surface area contributed by atoms with E-state index in [9.17, 15) is 5.11 Å². The van der Waals surface area contributed by atoms with Gasteiger partial charge in [0.1, 0.15) is 17.6 Å². The molecule has 130 valence electrons. The number of hydrogen-bond acceptors (Lipinski definition) is 3. The third kappa shape index (κ3) is 2.74. The van der Waals surface area contributed by atoms with Gasteiger partial charge in [0.15, 0.2) is 0 Å². The van der Waals surface area contributed by atoms with Gasteiger partial charge in [-0.15, -0.1) is 0 Å². The minimum atomic E-state index is 0.0358. The minimum absolute atomic E-state index is 0.0358. The lowest BCUT2D eigenvalue weighted by Crippen LogP contribution is -2.30. The molecule has 3 aliphatic rings. The fourth-order valence-corrected chi connectivity index (χ4v) is 5.19. The maximum absolute atomic E-state index is 10.1. The summed E-state index contributed by atoms with van der Waals surface area (Å²) in [5.41, 5.74) is 6.06. The SMILES string of the molecule is CO/C(=C1\C2CCCC1C1=C(CCCC1)C2)c1ccc(C#N)c(O)c1. The van der Waals surface area contributed by atoms with Crippen molar-refractivity contribution in [1.82, 2.24) is 0 Å². The van der Waals surface area contributed by atoms with Crippen molar-refractivity contribution in [2.24, 2.45) is 11.8 Å². The summed E-state index contributed by atoms with van der Waals surface area (Å²) in [6.45, 7) is 0. The standard InChI is InChI=1S/C22H25NO2/c1-25-22(16-9-10-17(13-23)20(24)12-16)21-15-6-4-8-19(21)18-7-3-2-5-14(18)11-15/h9-10,12,15,19,24H,2-8,11H2,1H3/b22-21+. The lowest BCUT2D eigenvalue weighted by Gasteiger charge is -2.43. The van der Waals surface area contributed by atoms with Crippen LogP contribution in [-0.2, 0) is 4.74 Å². The van der Waals surface area contributed by atoms with Crippen molar-refractivity contribution < 1.29 is 9.84 Å². The van der Waals surface area contributed by atoms with Crippen LogP contribution in [0.4, 0.5) is 0 Å². The molecule has 0 heterocycles. The van der Waals surface area contributed by atoms with Crippen LogP contribution in [0.3, 0.4) is 0 Å². The van der Waals surface area contributed by atoms with Crippen molar-refractivity contribution in [3.05, 3.63) is 46.0 Å². The molecule has 3 aliphatic carbocycles. The number of aromatic hydroxyl groups is 1. The van der Waals surface area contributed by atoms with Gasteiger partial charge in [-0.3, -0.25) is 0 Å². The molecule has 3 heteroatoms. The number of phenols is 1. The molecule has 0 aliphatic heterocycles. The van der Waals surface area contributed by atoms with Crippen LogP contribution >= 0.6 is 0 Å². The molecule has 1 aromatic carbocycles. The van der Waals surface area contributed by atoms with E-state index < -0.39 is 0 Å². The Kier molecular flexibility index (Phi) is 4.29. The van der Waals surface area contributed by atoms with Crippen molar-refractivity contribution in [3.8, 4) is 11.8 Å². The number of allylic oxidation sites excluding steroid dienone is 3. The fourth-order valence-electron chi connectivity index (χ4n) is 5.19. The van der Waals surface area contributed by atoms with Gasteiger partial charge in [-0.25, -0.2) is 0 Å². The maximum atomic E-state index is 10.1. The van der Waals surface area contributed by atoms with Gasteiger partial charge in [-0.1, -0.05) is 17.6 Å². The van der Waals surface area contributed by atoms with Gasteiger partial charge in [0, 0.05) is 11.5 Å². The van der Waals surface area contributed by atoms with E-state index in [4.69, 9.17) is 10.00 Å². The highest BCUT2D eigenvalue weighted by atomic mass is 16.5. The molecular weight excluding hydrogens is 310 g/mol. The average molecular weight is 335 g/mol. The predicted molar refractivity (Wildman–Crippen MR) is 97.7 cm³/mol. The zero-order chi connectivity index (χ0) is 17.4. The second-order valence-electron chi connectivity index (χ2n) is 7.55. The summed E-state index contributed by atoms with van der Waals surface area (Å²) >= 11 is 0. The second-order valence-corrected chi connectivity index (χ2v) is 7.55. The monoisotopic (exact) mass is 335 g/mol. The Morgan fingerprint density at radius 2 is 2.04 bits per heavy atom. The van der Waals surface area contributed by atoms with Gasteiger partial charge >= 0.3 is 0 Å². The third-order valence-corrected chi connectivity index (χ3v) is 6.25. The molecule has 1 saturated carbocycles. The Morgan fingerprint density at radius 3 is 2.80 bits per heavy atom. The van der Waals surface area contributed by atoms with Crippen molar-refractivity contribution in [2.75, 3.05) is 7.11 Å². The molecule has 0 amide bonds. The Bertz CT molecular complexity index is 797. The van der Waals surface area contributed by atoms with E-state index >= 15 is 0 Å². The Balaban J connectivity index is 1.83. The molecule has 2 unspecified atom stereocenters. The molecule has 25 heavy (non-hydrogen) atoms. The molecule has 1 aromatic rings. The molecule has 0 radical (unpaired) electrons. The first-order valence-corrected chi connectivity index (χ1v) is 9.45. The number of nitriles is 1. The first-order chi connectivity index (χ1) is 12.2. The number of ether oxygens (including phenoxy) is 1. The molecule has 0 spiro atoms. The number of rotatable bonds is 2. The number of nitrogens with zero attached hydrogens (tertiary/aromatic N) is 1. The van der Waals surface area contributed by atoms with E-state index in [1.165, 1.54) is 56.9 Å². The Morgan fingerprint density at radius 1 is 1.20 bits per heavy atom. The number of benzene rings is 1. The second kappa shape index (κ2) is 6.59. The quantitative estimate of drug-likeness (QED) is 0.588. The lowest BCUT2D eigenvalue weighted by atomic mass is 9.62. The zero-order valence-electron chi connectivity index (χ0n) is 14.8. The van der Waals surface area contributed by atoms with E-state index in [0.29, 0.717) is 17.4 Å². The molecule has 3 nitrogen and oxygen atoms in total. The molecule has 2 atom stereocenters. The Labute approximate surface area is 149 Å². The van der Waals surface area contributed by atoms with Crippen molar-refractivity contribution in [2.45, 2.75) is 51.4 Å². The van der Waals surface area contributed by atoms with E-state index in [2.05, 4.69) is 0 Å². The smallest absolute Gasteiger partial charge is 0.134 e. The molecule has 0 saturated heterocycles. The summed E-state index contributed by atoms with van der Waals surface area (Å²) in [7, 11) is 1.73. The molecule has 1 N–H and O–H groups in total. The van der Waals surface area contributed by atoms with Crippen LogP contribution in [0.25, 0.3) is 5.76 Å². The highest BCUT2D eigenvalue weighted by Gasteiger charge is 2.39. The average Bonchev–Trinajstić information content (AvgIpc) is 2.63. The maximum Gasteiger partial charge on any atom is 0.134 e. The summed E-state index contributed by atoms with van der Waals surface area (Å²) in [5, 5.41) is 19.2. The van der Waals surface area contributed by atoms with Crippen LogP contribution in [0.2, 0.25) is 0 Å². The van der Waals surface area contributed by atoms with Crippen LogP contribution in [-0.4, -0.2) is 12.2 Å². The number of hydrogen-bond donors (Lipinski definition) is 1. The van der Waals surface area contributed by atoms with Crippen LogP contribution < -0.4 is 0 Å². The third-order valence-electron chi connectivity index (χ3n) is 6.25. The number of methoxy groups -OCH3 is 1. The largest absolute Gasteiger partial charge is 0.507 e. The highest BCUT2D eigenvalue weighted by molar-refractivity contribution is 5.68. The van der Waals surface area contributed by atoms with Crippen molar-refractivity contribution >= 4 is 5.76 Å². The van der Waals surface area contributed by atoms with E-state index in [0.717, 1.165) is 11.3 Å². The topological polar surface area (TPSA) is 53.2 Å². The predicted octanol–water partition coefficient (Wildman–Crippen LogP) is 5.31. The van der Waals surface area contributed by atoms with Gasteiger partial charge < -0.3 is 9.84 Å². The highest BCUT2D eigenvalue weighted by Crippen LogP contribution is 2.53. The fraction of sp³-hybridized carbons (Fsp3) is 0.500. The first-order valence-electron chi connectivity index (χ1n) is 9.45. The number of phenolic OH excluding ortho intramolecular Hbond substituents is 1. The van der Waals surface area contributed by atoms with Gasteiger partial charge in [0.05, 0.1) is 12.7 Å². The van der Waals surface area contributed by atoms with Crippen LogP contribution in [0.15, 0.2) is 34.9 Å². The zero-order valence-corrected chi connectivity index (χ0v) is 14.8. The molecule has 2 bridgehead atoms. The van der Waals surface area contributed by atoms with Crippen LogP contribution in [0, 0.1) is 23.2 Å². The van der Waals surface area contributed by atoms with Gasteiger partial charge in [-0.05, 0) is 74.6 Å². The molecular formula is C22H25NO2. The van der Waals surface area contributed by atoms with Gasteiger partial charge in [-0.2, -0.15) is 5.26 Å². The normalized spacial score (nSPS) is 27.4. The molecule has 0 aromatic heterocycles. The van der Waals surface area contributed by atoms with Crippen molar-refractivity contribution in [1.29, 1.82) is 5.26 Å². The lowest BCUT2D eigenvalue weighted by molar-refractivity contribution is 0.311. The van der Waals surface area contributed by atoms with Crippen LogP contribution in [0.5, 0.6) is 5.75 Å². The van der Waals surface area contributed by atoms with Gasteiger partial charge in [0.2, 0.25) is 0 Å². The Hall–Kier alpha value is -2.21. The van der Waals surface area contributed by atoms with Gasteiger partial charge in [0.25, 0.3) is 0 Å². The molecule has 4 rings (SSSR count). The summed E-state index contributed by atoms with van der Waals surface area (Å²) in [5.74, 6) is 2.05.